The highest BCUT2D eigenvalue weighted by atomic mass is 16.5. The molecule has 0 amide bonds. The number of hydrogen-bond donors (Lipinski definition) is 1. The molecule has 1 aliphatic rings. The predicted octanol–water partition coefficient (Wildman–Crippen LogP) is 3.48. The third-order valence-electron chi connectivity index (χ3n) is 3.95. The van der Waals surface area contributed by atoms with Crippen molar-refractivity contribution in [1.29, 1.82) is 0 Å². The molecule has 0 aromatic heterocycles. The molecule has 2 heteroatoms. The van der Waals surface area contributed by atoms with Crippen molar-refractivity contribution in [3.63, 3.8) is 0 Å². The summed E-state index contributed by atoms with van der Waals surface area (Å²) in [6, 6.07) is 14.7. The van der Waals surface area contributed by atoms with Crippen LogP contribution in [0.1, 0.15) is 34.2 Å². The number of nitrogens with two attached hydrogens (primary N) is 1. The minimum atomic E-state index is -0.00995. The maximum absolute atomic E-state index is 6.49. The van der Waals surface area contributed by atoms with Crippen LogP contribution < -0.4 is 10.5 Å². The fourth-order valence-corrected chi connectivity index (χ4v) is 2.90. The standard InChI is InChI=1S/C17H19NO/c1-11-7-8-13(12(2)9-11)17(18)15-10-19-16-6-4-3-5-14(15)16/h3-9,15,17H,10,18H2,1-2H3. The van der Waals surface area contributed by atoms with Gasteiger partial charge in [0.05, 0.1) is 6.61 Å². The zero-order valence-electron chi connectivity index (χ0n) is 11.4. The molecule has 19 heavy (non-hydrogen) atoms. The lowest BCUT2D eigenvalue weighted by Crippen LogP contribution is -2.21. The van der Waals surface area contributed by atoms with Gasteiger partial charge in [0.25, 0.3) is 0 Å². The molecule has 2 nitrogen and oxygen atoms in total. The number of rotatable bonds is 2. The van der Waals surface area contributed by atoms with Crippen LogP contribution in [0, 0.1) is 13.8 Å². The minimum Gasteiger partial charge on any atom is -0.493 e. The van der Waals surface area contributed by atoms with Gasteiger partial charge in [-0.15, -0.1) is 0 Å². The van der Waals surface area contributed by atoms with Gasteiger partial charge in [-0.05, 0) is 31.0 Å². The summed E-state index contributed by atoms with van der Waals surface area (Å²) >= 11 is 0. The van der Waals surface area contributed by atoms with Crippen molar-refractivity contribution in [3.8, 4) is 5.75 Å². The molecule has 0 fully saturated rings. The lowest BCUT2D eigenvalue weighted by atomic mass is 9.87. The number of aryl methyl sites for hydroxylation is 2. The van der Waals surface area contributed by atoms with Crippen molar-refractivity contribution in [2.45, 2.75) is 25.8 Å². The van der Waals surface area contributed by atoms with Gasteiger partial charge in [-0.3, -0.25) is 0 Å². The molecule has 0 saturated carbocycles. The van der Waals surface area contributed by atoms with Crippen molar-refractivity contribution in [2.24, 2.45) is 5.73 Å². The highest BCUT2D eigenvalue weighted by Crippen LogP contribution is 2.40. The Hall–Kier alpha value is -1.80. The molecule has 0 bridgehead atoms. The molecule has 2 N–H and O–H groups in total. The Morgan fingerprint density at radius 2 is 1.95 bits per heavy atom. The van der Waals surface area contributed by atoms with E-state index in [1.54, 1.807) is 0 Å². The molecule has 1 aliphatic heterocycles. The maximum atomic E-state index is 6.49. The van der Waals surface area contributed by atoms with Crippen LogP contribution in [0.5, 0.6) is 5.75 Å². The Kier molecular flexibility index (Phi) is 3.03. The number of hydrogen-bond acceptors (Lipinski definition) is 2. The zero-order chi connectivity index (χ0) is 13.4. The van der Waals surface area contributed by atoms with Gasteiger partial charge in [0.2, 0.25) is 0 Å². The molecule has 3 rings (SSSR count). The van der Waals surface area contributed by atoms with Gasteiger partial charge in [0.1, 0.15) is 5.75 Å². The van der Waals surface area contributed by atoms with Crippen molar-refractivity contribution in [2.75, 3.05) is 6.61 Å². The van der Waals surface area contributed by atoms with Crippen molar-refractivity contribution < 1.29 is 4.74 Å². The summed E-state index contributed by atoms with van der Waals surface area (Å²) in [7, 11) is 0. The molecular formula is C17H19NO. The van der Waals surface area contributed by atoms with E-state index in [0.717, 1.165) is 5.75 Å². The van der Waals surface area contributed by atoms with Crippen LogP contribution in [-0.4, -0.2) is 6.61 Å². The van der Waals surface area contributed by atoms with E-state index >= 15 is 0 Å². The van der Waals surface area contributed by atoms with Crippen LogP contribution in [0.25, 0.3) is 0 Å². The quantitative estimate of drug-likeness (QED) is 0.889. The fourth-order valence-electron chi connectivity index (χ4n) is 2.90. The Balaban J connectivity index is 1.95. The first-order valence-electron chi connectivity index (χ1n) is 6.71. The van der Waals surface area contributed by atoms with Crippen LogP contribution in [0.3, 0.4) is 0 Å². The Morgan fingerprint density at radius 3 is 2.74 bits per heavy atom. The normalized spacial score (nSPS) is 18.8. The highest BCUT2D eigenvalue weighted by Gasteiger charge is 2.30. The van der Waals surface area contributed by atoms with Gasteiger partial charge in [-0.1, -0.05) is 42.0 Å². The number of para-hydroxylation sites is 1. The SMILES string of the molecule is Cc1ccc(C(N)C2COc3ccccc32)c(C)c1. The average molecular weight is 253 g/mol. The Morgan fingerprint density at radius 1 is 1.16 bits per heavy atom. The molecule has 2 aromatic rings. The molecule has 0 aliphatic carbocycles. The molecular weight excluding hydrogens is 234 g/mol. The molecule has 2 aromatic carbocycles. The van der Waals surface area contributed by atoms with Gasteiger partial charge in [-0.2, -0.15) is 0 Å². The molecule has 2 unspecified atom stereocenters. The van der Waals surface area contributed by atoms with E-state index in [2.05, 4.69) is 44.2 Å². The monoisotopic (exact) mass is 253 g/mol. The topological polar surface area (TPSA) is 35.2 Å². The summed E-state index contributed by atoms with van der Waals surface area (Å²) in [6.45, 7) is 4.91. The molecule has 0 saturated heterocycles. The fraction of sp³-hybridized carbons (Fsp3) is 0.294. The number of benzene rings is 2. The molecule has 2 atom stereocenters. The smallest absolute Gasteiger partial charge is 0.122 e. The summed E-state index contributed by atoms with van der Waals surface area (Å²) in [5.41, 5.74) is 11.5. The molecule has 0 radical (unpaired) electrons. The summed E-state index contributed by atoms with van der Waals surface area (Å²) < 4.78 is 5.74. The first-order chi connectivity index (χ1) is 9.16. The lowest BCUT2D eigenvalue weighted by molar-refractivity contribution is 0.315. The number of ether oxygens (including phenoxy) is 1. The van der Waals surface area contributed by atoms with E-state index < -0.39 is 0 Å². The summed E-state index contributed by atoms with van der Waals surface area (Å²) in [5, 5.41) is 0. The number of fused-ring (bicyclic) bond motifs is 1. The highest BCUT2D eigenvalue weighted by molar-refractivity contribution is 5.43. The largest absolute Gasteiger partial charge is 0.493 e. The first-order valence-corrected chi connectivity index (χ1v) is 6.71. The summed E-state index contributed by atoms with van der Waals surface area (Å²) in [6.07, 6.45) is 0. The van der Waals surface area contributed by atoms with E-state index in [0.29, 0.717) is 6.61 Å². The summed E-state index contributed by atoms with van der Waals surface area (Å²) in [4.78, 5) is 0. The van der Waals surface area contributed by atoms with E-state index in [1.807, 2.05) is 12.1 Å². The third kappa shape index (κ3) is 2.13. The molecule has 98 valence electrons. The van der Waals surface area contributed by atoms with Gasteiger partial charge in [0, 0.05) is 17.5 Å². The second-order valence-corrected chi connectivity index (χ2v) is 5.34. The second-order valence-electron chi connectivity index (χ2n) is 5.34. The lowest BCUT2D eigenvalue weighted by Gasteiger charge is -2.21. The maximum Gasteiger partial charge on any atom is 0.122 e. The summed E-state index contributed by atoms with van der Waals surface area (Å²) in [5.74, 6) is 1.23. The van der Waals surface area contributed by atoms with E-state index in [1.165, 1.54) is 22.3 Å². The Labute approximate surface area is 114 Å². The van der Waals surface area contributed by atoms with Crippen molar-refractivity contribution in [3.05, 3.63) is 64.7 Å². The van der Waals surface area contributed by atoms with Gasteiger partial charge < -0.3 is 10.5 Å². The van der Waals surface area contributed by atoms with Crippen LogP contribution in [0.2, 0.25) is 0 Å². The zero-order valence-corrected chi connectivity index (χ0v) is 11.4. The minimum absolute atomic E-state index is 0.00995. The van der Waals surface area contributed by atoms with Crippen LogP contribution in [0.15, 0.2) is 42.5 Å². The van der Waals surface area contributed by atoms with Crippen LogP contribution in [-0.2, 0) is 0 Å². The molecule has 1 heterocycles. The van der Waals surface area contributed by atoms with Gasteiger partial charge >= 0.3 is 0 Å². The van der Waals surface area contributed by atoms with Gasteiger partial charge in [-0.25, -0.2) is 0 Å². The second kappa shape index (κ2) is 4.71. The van der Waals surface area contributed by atoms with E-state index in [9.17, 15) is 0 Å². The van der Waals surface area contributed by atoms with Crippen molar-refractivity contribution in [1.82, 2.24) is 0 Å². The third-order valence-corrected chi connectivity index (χ3v) is 3.95. The predicted molar refractivity (Wildman–Crippen MR) is 77.5 cm³/mol. The van der Waals surface area contributed by atoms with E-state index in [4.69, 9.17) is 10.5 Å². The van der Waals surface area contributed by atoms with E-state index in [-0.39, 0.29) is 12.0 Å². The van der Waals surface area contributed by atoms with Gasteiger partial charge in [0.15, 0.2) is 0 Å². The van der Waals surface area contributed by atoms with Crippen LogP contribution in [0.4, 0.5) is 0 Å². The van der Waals surface area contributed by atoms with Crippen molar-refractivity contribution >= 4 is 0 Å². The average Bonchev–Trinajstić information content (AvgIpc) is 2.82. The first kappa shape index (κ1) is 12.2. The molecule has 0 spiro atoms. The Bertz CT molecular complexity index is 606. The van der Waals surface area contributed by atoms with Crippen LogP contribution >= 0.6 is 0 Å².